The van der Waals surface area contributed by atoms with E-state index in [0.29, 0.717) is 41.6 Å². The number of likely N-dealkylation sites (tertiary alicyclic amines) is 1. The Balaban J connectivity index is 0.00000289. The van der Waals surface area contributed by atoms with Crippen molar-refractivity contribution in [3.8, 4) is 0 Å². The molecule has 4 N–H and O–H groups in total. The molecule has 0 bridgehead atoms. The maximum atomic E-state index is 12.8. The molecular formula is C23H25N4NaO5S2. The predicted molar refractivity (Wildman–Crippen MR) is 136 cm³/mol. The van der Waals surface area contributed by atoms with E-state index in [-0.39, 0.29) is 52.8 Å². The first-order valence-electron chi connectivity index (χ1n) is 11.0. The van der Waals surface area contributed by atoms with Gasteiger partial charge in [-0.05, 0) is 55.2 Å². The second-order valence-electron chi connectivity index (χ2n) is 8.64. The van der Waals surface area contributed by atoms with E-state index in [1.54, 1.807) is 18.2 Å². The molecule has 0 radical (unpaired) electrons. The zero-order chi connectivity index (χ0) is 24.0. The predicted octanol–water partition coefficient (Wildman–Crippen LogP) is 0.772. The molecule has 0 unspecified atom stereocenters. The zero-order valence-electron chi connectivity index (χ0n) is 18.2. The molecule has 5 rings (SSSR count). The van der Waals surface area contributed by atoms with Gasteiger partial charge >= 0.3 is 35.5 Å². The minimum atomic E-state index is -1.21. The van der Waals surface area contributed by atoms with Crippen molar-refractivity contribution >= 4 is 82.5 Å². The van der Waals surface area contributed by atoms with E-state index < -0.39 is 23.3 Å². The number of benzene rings is 1. The van der Waals surface area contributed by atoms with Crippen molar-refractivity contribution in [1.29, 1.82) is 0 Å². The van der Waals surface area contributed by atoms with Gasteiger partial charge < -0.3 is 21.1 Å². The van der Waals surface area contributed by atoms with Crippen LogP contribution in [0.1, 0.15) is 19.3 Å². The molecule has 35 heavy (non-hydrogen) atoms. The molecule has 1 aromatic carbocycles. The van der Waals surface area contributed by atoms with Crippen molar-refractivity contribution in [2.24, 2.45) is 0 Å². The fraction of sp³-hybridized carbons (Fsp3) is 0.391. The summed E-state index contributed by atoms with van der Waals surface area (Å²) < 4.78 is 0. The van der Waals surface area contributed by atoms with E-state index in [1.165, 1.54) is 28.4 Å². The van der Waals surface area contributed by atoms with E-state index in [4.69, 9.17) is 5.73 Å². The van der Waals surface area contributed by atoms with Gasteiger partial charge in [-0.15, -0.1) is 23.5 Å². The number of hydrogen-bond acceptors (Lipinski definition) is 7. The van der Waals surface area contributed by atoms with Crippen molar-refractivity contribution in [3.05, 3.63) is 47.2 Å². The van der Waals surface area contributed by atoms with Gasteiger partial charge in [-0.3, -0.25) is 19.3 Å². The molecule has 0 spiro atoms. The Hall–Kier alpha value is -1.92. The third-order valence-corrected chi connectivity index (χ3v) is 8.57. The molecule has 1 aromatic rings. The molecular weight excluding hydrogens is 499 g/mol. The van der Waals surface area contributed by atoms with Crippen molar-refractivity contribution in [1.82, 2.24) is 15.1 Å². The number of nitrogen functional groups attached to an aromatic ring is 1. The van der Waals surface area contributed by atoms with E-state index in [9.17, 15) is 24.3 Å². The third kappa shape index (κ3) is 5.29. The monoisotopic (exact) mass is 524 g/mol. The van der Waals surface area contributed by atoms with Crippen LogP contribution in [0.5, 0.6) is 0 Å². The summed E-state index contributed by atoms with van der Waals surface area (Å²) in [6, 6.07) is 6.68. The molecule has 9 nitrogen and oxygen atoms in total. The number of carboxylic acids is 1. The number of nitrogens with two attached hydrogens (primary N) is 1. The van der Waals surface area contributed by atoms with E-state index >= 15 is 0 Å². The Morgan fingerprint density at radius 2 is 1.94 bits per heavy atom. The number of carbonyl (C=O) groups is 4. The Bertz CT molecular complexity index is 1140. The Kier molecular flexibility index (Phi) is 7.92. The van der Waals surface area contributed by atoms with Crippen LogP contribution in [-0.4, -0.2) is 104 Å². The Morgan fingerprint density at radius 3 is 2.60 bits per heavy atom. The SMILES string of the molecule is Nc1ccc(SCC(=O)N[C@@H]2C(=O)N3C(C(=O)O)=C(/C=C4\CCN(C5CC5)C4=O)CS[C@H]23)cc1.[NaH]. The molecule has 1 aliphatic carbocycles. The number of aliphatic carboxylic acids is 1. The molecule has 0 aromatic heterocycles. The summed E-state index contributed by atoms with van der Waals surface area (Å²) in [5.74, 6) is -1.52. The molecule has 3 amide bonds. The zero-order valence-corrected chi connectivity index (χ0v) is 19.9. The van der Waals surface area contributed by atoms with Crippen molar-refractivity contribution in [2.45, 2.75) is 41.6 Å². The van der Waals surface area contributed by atoms with E-state index in [1.807, 2.05) is 17.0 Å². The molecule has 2 atom stereocenters. The van der Waals surface area contributed by atoms with Crippen molar-refractivity contribution in [3.63, 3.8) is 0 Å². The number of carboxylic acid groups (broad SMARTS) is 1. The number of fused-ring (bicyclic) bond motifs is 1. The van der Waals surface area contributed by atoms with Crippen LogP contribution in [0.2, 0.25) is 0 Å². The number of amides is 3. The van der Waals surface area contributed by atoms with E-state index in [0.717, 1.165) is 17.7 Å². The van der Waals surface area contributed by atoms with Gasteiger partial charge in [0.05, 0.1) is 5.75 Å². The number of rotatable bonds is 7. The first-order valence-corrected chi connectivity index (χ1v) is 13.1. The van der Waals surface area contributed by atoms with Gasteiger partial charge in [0.2, 0.25) is 11.8 Å². The van der Waals surface area contributed by atoms with Gasteiger partial charge in [-0.25, -0.2) is 4.79 Å². The number of carbonyl (C=O) groups excluding carboxylic acids is 3. The molecule has 12 heteroatoms. The van der Waals surface area contributed by atoms with Crippen LogP contribution in [0.4, 0.5) is 5.69 Å². The van der Waals surface area contributed by atoms with Gasteiger partial charge in [0.15, 0.2) is 0 Å². The summed E-state index contributed by atoms with van der Waals surface area (Å²) in [5, 5.41) is 12.1. The van der Waals surface area contributed by atoms with Crippen LogP contribution in [0.15, 0.2) is 52.1 Å². The first kappa shape index (κ1) is 26.2. The van der Waals surface area contributed by atoms with Gasteiger partial charge in [0, 0.05) is 34.5 Å². The second kappa shape index (κ2) is 10.6. The van der Waals surface area contributed by atoms with Crippen LogP contribution in [0.3, 0.4) is 0 Å². The standard InChI is InChI=1S/C23H24N4O5S2.Na.H/c24-14-1-5-16(6-2-14)33-11-17(28)25-18-21(30)27-19(23(31)32)13(10-34-22(18)27)9-12-7-8-26(20(12)29)15-3-4-15;;/h1-2,5-6,9,15,18,22H,3-4,7-8,10-11,24H2,(H,25,28)(H,31,32);;/b12-9+;;/t18-,22-;;/m1../s1. The quantitative estimate of drug-likeness (QED) is 0.157. The second-order valence-corrected chi connectivity index (χ2v) is 10.8. The molecule has 3 heterocycles. The van der Waals surface area contributed by atoms with Crippen LogP contribution in [0.25, 0.3) is 0 Å². The van der Waals surface area contributed by atoms with Gasteiger partial charge in [0.25, 0.3) is 5.91 Å². The normalized spacial score (nSPS) is 24.7. The van der Waals surface area contributed by atoms with Gasteiger partial charge in [-0.1, -0.05) is 0 Å². The first-order chi connectivity index (χ1) is 16.3. The molecule has 2 saturated heterocycles. The van der Waals surface area contributed by atoms with Gasteiger partial charge in [-0.2, -0.15) is 0 Å². The topological polar surface area (TPSA) is 133 Å². The number of thioether (sulfide) groups is 2. The van der Waals surface area contributed by atoms with Crippen LogP contribution < -0.4 is 11.1 Å². The summed E-state index contributed by atoms with van der Waals surface area (Å²) in [6.45, 7) is 0.659. The third-order valence-electron chi connectivity index (χ3n) is 6.26. The number of nitrogens with zero attached hydrogens (tertiary/aromatic N) is 2. The minimum absolute atomic E-state index is 0. The molecule has 3 aliphatic heterocycles. The number of nitrogens with one attached hydrogen (secondary N) is 1. The maximum absolute atomic E-state index is 12.8. The molecule has 1 saturated carbocycles. The number of allylic oxidation sites excluding steroid dienone is 1. The van der Waals surface area contributed by atoms with Crippen LogP contribution >= 0.6 is 23.5 Å². The number of β-lactam (4-membered cyclic amide) rings is 1. The Morgan fingerprint density at radius 1 is 1.23 bits per heavy atom. The molecule has 3 fully saturated rings. The number of hydrogen-bond donors (Lipinski definition) is 3. The summed E-state index contributed by atoms with van der Waals surface area (Å²) in [4.78, 5) is 54.0. The van der Waals surface area contributed by atoms with Crippen LogP contribution in [0, 0.1) is 0 Å². The summed E-state index contributed by atoms with van der Waals surface area (Å²) in [7, 11) is 0. The van der Waals surface area contributed by atoms with Gasteiger partial charge in [0.1, 0.15) is 17.1 Å². The van der Waals surface area contributed by atoms with Crippen molar-refractivity contribution in [2.75, 3.05) is 23.8 Å². The Labute approximate surface area is 233 Å². The number of anilines is 1. The summed E-state index contributed by atoms with van der Waals surface area (Å²) in [6.07, 6.45) is 4.28. The fourth-order valence-corrected chi connectivity index (χ4v) is 6.41. The van der Waals surface area contributed by atoms with Crippen molar-refractivity contribution < 1.29 is 24.3 Å². The average molecular weight is 525 g/mol. The van der Waals surface area contributed by atoms with Crippen LogP contribution in [-0.2, 0) is 19.2 Å². The molecule has 4 aliphatic rings. The fourth-order valence-electron chi connectivity index (χ4n) is 4.39. The van der Waals surface area contributed by atoms with E-state index in [2.05, 4.69) is 5.32 Å². The summed E-state index contributed by atoms with van der Waals surface area (Å²) in [5.41, 5.74) is 7.27. The average Bonchev–Trinajstić information content (AvgIpc) is 3.60. The summed E-state index contributed by atoms with van der Waals surface area (Å²) >= 11 is 2.72. The molecule has 180 valence electrons.